The molecule has 0 aliphatic rings. The van der Waals surface area contributed by atoms with E-state index in [1.54, 1.807) is 32.9 Å². The molecule has 110 valence electrons. The molecular formula is C15H20FNO3. The maximum Gasteiger partial charge on any atom is 0.407 e. The Hall–Kier alpha value is -1.91. The third kappa shape index (κ3) is 6.31. The number of halogens is 1. The van der Waals surface area contributed by atoms with Gasteiger partial charge in [-0.25, -0.2) is 9.18 Å². The molecule has 5 heteroatoms. The number of ether oxygens (including phenoxy) is 1. The van der Waals surface area contributed by atoms with E-state index in [2.05, 4.69) is 5.32 Å². The Morgan fingerprint density at radius 3 is 2.45 bits per heavy atom. The molecule has 1 amide bonds. The molecule has 0 spiro atoms. The van der Waals surface area contributed by atoms with Gasteiger partial charge in [0.2, 0.25) is 0 Å². The molecule has 0 aromatic heterocycles. The van der Waals surface area contributed by atoms with Gasteiger partial charge in [-0.05, 0) is 44.9 Å². The molecule has 1 aromatic carbocycles. The molecule has 20 heavy (non-hydrogen) atoms. The minimum atomic E-state index is -0.572. The van der Waals surface area contributed by atoms with Crippen LogP contribution in [0.2, 0.25) is 0 Å². The average molecular weight is 281 g/mol. The van der Waals surface area contributed by atoms with Crippen LogP contribution in [0.1, 0.15) is 26.3 Å². The number of alkyl carbamates (subject to hydrolysis) is 1. The van der Waals surface area contributed by atoms with Gasteiger partial charge in [0.25, 0.3) is 0 Å². The lowest BCUT2D eigenvalue weighted by molar-refractivity contribution is -0.110. The van der Waals surface area contributed by atoms with Crippen LogP contribution in [0.25, 0.3) is 0 Å². The molecule has 1 unspecified atom stereocenters. The van der Waals surface area contributed by atoms with Gasteiger partial charge < -0.3 is 14.8 Å². The second-order valence-electron chi connectivity index (χ2n) is 5.61. The topological polar surface area (TPSA) is 55.4 Å². The Morgan fingerprint density at radius 1 is 1.35 bits per heavy atom. The second-order valence-corrected chi connectivity index (χ2v) is 5.61. The van der Waals surface area contributed by atoms with E-state index in [0.29, 0.717) is 6.42 Å². The maximum absolute atomic E-state index is 12.8. The Bertz CT molecular complexity index is 451. The highest BCUT2D eigenvalue weighted by atomic mass is 19.1. The number of aldehydes is 1. The number of rotatable bonds is 5. The van der Waals surface area contributed by atoms with Crippen LogP contribution in [0, 0.1) is 11.7 Å². The molecule has 0 radical (unpaired) electrons. The monoisotopic (exact) mass is 281 g/mol. The van der Waals surface area contributed by atoms with E-state index in [1.807, 2.05) is 0 Å². The van der Waals surface area contributed by atoms with Gasteiger partial charge in [-0.2, -0.15) is 0 Å². The number of hydrogen-bond acceptors (Lipinski definition) is 3. The fourth-order valence-electron chi connectivity index (χ4n) is 1.62. The van der Waals surface area contributed by atoms with Gasteiger partial charge >= 0.3 is 6.09 Å². The standard InChI is InChI=1S/C15H20FNO3/c1-15(2,3)20-14(19)17-9-12(10-18)8-11-4-6-13(16)7-5-11/h4-7,10,12H,8-9H2,1-3H3,(H,17,19). The number of hydrogen-bond donors (Lipinski definition) is 1. The van der Waals surface area contributed by atoms with Gasteiger partial charge in [-0.1, -0.05) is 12.1 Å². The Balaban J connectivity index is 2.45. The first-order chi connectivity index (χ1) is 9.30. The summed E-state index contributed by atoms with van der Waals surface area (Å²) in [6.07, 6.45) is 0.670. The van der Waals surface area contributed by atoms with Crippen LogP contribution >= 0.6 is 0 Å². The maximum atomic E-state index is 12.8. The number of carbonyl (C=O) groups excluding carboxylic acids is 2. The van der Waals surface area contributed by atoms with Crippen LogP contribution in [0.15, 0.2) is 24.3 Å². The highest BCUT2D eigenvalue weighted by molar-refractivity contribution is 5.68. The van der Waals surface area contributed by atoms with Gasteiger partial charge in [-0.15, -0.1) is 0 Å². The van der Waals surface area contributed by atoms with Crippen LogP contribution in [0.4, 0.5) is 9.18 Å². The van der Waals surface area contributed by atoms with Crippen molar-refractivity contribution in [1.82, 2.24) is 5.32 Å². The van der Waals surface area contributed by atoms with E-state index in [4.69, 9.17) is 4.74 Å². The van der Waals surface area contributed by atoms with Gasteiger partial charge in [-0.3, -0.25) is 0 Å². The molecule has 1 N–H and O–H groups in total. The average Bonchev–Trinajstić information content (AvgIpc) is 2.34. The normalized spacial score (nSPS) is 12.6. The SMILES string of the molecule is CC(C)(C)OC(=O)NCC(C=O)Cc1ccc(F)cc1. The molecule has 1 rings (SSSR count). The summed E-state index contributed by atoms with van der Waals surface area (Å²) >= 11 is 0. The van der Waals surface area contributed by atoms with E-state index in [1.165, 1.54) is 12.1 Å². The van der Waals surface area contributed by atoms with Gasteiger partial charge in [0.05, 0.1) is 0 Å². The first-order valence-corrected chi connectivity index (χ1v) is 6.47. The van der Waals surface area contributed by atoms with E-state index < -0.39 is 11.7 Å². The van der Waals surface area contributed by atoms with Gasteiger partial charge in [0, 0.05) is 12.5 Å². The molecule has 4 nitrogen and oxygen atoms in total. The van der Waals surface area contributed by atoms with Gasteiger partial charge in [0.1, 0.15) is 17.7 Å². The Labute approximate surface area is 118 Å². The molecule has 0 heterocycles. The molecule has 0 bridgehead atoms. The molecule has 0 saturated carbocycles. The summed E-state index contributed by atoms with van der Waals surface area (Å²) in [6, 6.07) is 5.94. The fraction of sp³-hybridized carbons (Fsp3) is 0.467. The van der Waals surface area contributed by atoms with Crippen molar-refractivity contribution < 1.29 is 18.7 Å². The van der Waals surface area contributed by atoms with Crippen molar-refractivity contribution in [3.8, 4) is 0 Å². The van der Waals surface area contributed by atoms with Crippen LogP contribution < -0.4 is 5.32 Å². The quantitative estimate of drug-likeness (QED) is 0.844. The van der Waals surface area contributed by atoms with Crippen molar-refractivity contribution in [2.45, 2.75) is 32.8 Å². The summed E-state index contributed by atoms with van der Waals surface area (Å²) in [5, 5.41) is 2.56. The Morgan fingerprint density at radius 2 is 1.95 bits per heavy atom. The third-order valence-corrected chi connectivity index (χ3v) is 2.51. The van der Waals surface area contributed by atoms with Crippen molar-refractivity contribution in [2.75, 3.05) is 6.54 Å². The summed E-state index contributed by atoms with van der Waals surface area (Å²) < 4.78 is 17.9. The summed E-state index contributed by atoms with van der Waals surface area (Å²) in [5.74, 6) is -0.684. The second kappa shape index (κ2) is 7.03. The molecule has 0 fully saturated rings. The zero-order valence-electron chi connectivity index (χ0n) is 12.0. The van der Waals surface area contributed by atoms with Crippen molar-refractivity contribution >= 4 is 12.4 Å². The van der Waals surface area contributed by atoms with E-state index >= 15 is 0 Å². The highest BCUT2D eigenvalue weighted by Gasteiger charge is 2.17. The Kier molecular flexibility index (Phi) is 5.67. The number of carbonyl (C=O) groups is 2. The fourth-order valence-corrected chi connectivity index (χ4v) is 1.62. The summed E-state index contributed by atoms with van der Waals surface area (Å²) in [7, 11) is 0. The van der Waals surface area contributed by atoms with Crippen molar-refractivity contribution in [3.63, 3.8) is 0 Å². The lowest BCUT2D eigenvalue weighted by Gasteiger charge is -2.20. The third-order valence-electron chi connectivity index (χ3n) is 2.51. The molecule has 1 aromatic rings. The summed E-state index contributed by atoms with van der Waals surface area (Å²) in [5.41, 5.74) is 0.270. The molecule has 0 saturated heterocycles. The van der Waals surface area contributed by atoms with E-state index in [9.17, 15) is 14.0 Å². The first kappa shape index (κ1) is 16.1. The first-order valence-electron chi connectivity index (χ1n) is 6.47. The molecule has 1 atom stereocenters. The number of nitrogens with one attached hydrogen (secondary N) is 1. The lowest BCUT2D eigenvalue weighted by Crippen LogP contribution is -2.36. The summed E-state index contributed by atoms with van der Waals surface area (Å²) in [4.78, 5) is 22.5. The van der Waals surface area contributed by atoms with Crippen LogP contribution in [0.5, 0.6) is 0 Å². The smallest absolute Gasteiger partial charge is 0.407 e. The minimum Gasteiger partial charge on any atom is -0.444 e. The van der Waals surface area contributed by atoms with Gasteiger partial charge in [0.15, 0.2) is 0 Å². The van der Waals surface area contributed by atoms with E-state index in [0.717, 1.165) is 11.8 Å². The largest absolute Gasteiger partial charge is 0.444 e. The number of amides is 1. The molecular weight excluding hydrogens is 261 g/mol. The summed E-state index contributed by atoms with van der Waals surface area (Å²) in [6.45, 7) is 5.49. The predicted molar refractivity (Wildman–Crippen MR) is 73.9 cm³/mol. The van der Waals surface area contributed by atoms with Crippen molar-refractivity contribution in [1.29, 1.82) is 0 Å². The lowest BCUT2D eigenvalue weighted by atomic mass is 10.0. The number of benzene rings is 1. The zero-order valence-corrected chi connectivity index (χ0v) is 12.0. The van der Waals surface area contributed by atoms with Crippen molar-refractivity contribution in [3.05, 3.63) is 35.6 Å². The van der Waals surface area contributed by atoms with Crippen LogP contribution in [0.3, 0.4) is 0 Å². The molecule has 0 aliphatic carbocycles. The zero-order chi connectivity index (χ0) is 15.2. The van der Waals surface area contributed by atoms with Crippen molar-refractivity contribution in [2.24, 2.45) is 5.92 Å². The predicted octanol–water partition coefficient (Wildman–Crippen LogP) is 2.71. The molecule has 0 aliphatic heterocycles. The highest BCUT2D eigenvalue weighted by Crippen LogP contribution is 2.09. The van der Waals surface area contributed by atoms with Crippen LogP contribution in [-0.2, 0) is 16.0 Å². The van der Waals surface area contributed by atoms with E-state index in [-0.39, 0.29) is 18.3 Å². The van der Waals surface area contributed by atoms with Crippen LogP contribution in [-0.4, -0.2) is 24.5 Å². The minimum absolute atomic E-state index is 0.190.